The molecule has 1 unspecified atom stereocenters. The van der Waals surface area contributed by atoms with Gasteiger partial charge < -0.3 is 4.74 Å². The minimum Gasteiger partial charge on any atom is -0.370 e. The summed E-state index contributed by atoms with van der Waals surface area (Å²) in [4.78, 5) is 11.9. The number of benzene rings is 1. The summed E-state index contributed by atoms with van der Waals surface area (Å²) < 4.78 is 40.9. The molecular weight excluding hydrogens is 245 g/mol. The number of ketones is 1. The second-order valence-corrected chi connectivity index (χ2v) is 3.86. The number of hydrogen-bond donors (Lipinski definition) is 0. The Balaban J connectivity index is 2.54. The molecule has 0 saturated heterocycles. The maximum atomic E-state index is 12.0. The Kier molecular flexibility index (Phi) is 5.34. The zero-order valence-electron chi connectivity index (χ0n) is 10.0. The molecule has 0 spiro atoms. The molecule has 18 heavy (non-hydrogen) atoms. The fourth-order valence-corrected chi connectivity index (χ4v) is 1.48. The van der Waals surface area contributed by atoms with Crippen molar-refractivity contribution in [2.75, 3.05) is 6.61 Å². The van der Waals surface area contributed by atoms with Crippen LogP contribution in [0.25, 0.3) is 0 Å². The minimum atomic E-state index is -4.26. The van der Waals surface area contributed by atoms with Gasteiger partial charge >= 0.3 is 6.18 Å². The standard InChI is InChI=1S/C13H15F3O2/c1-2-11(18-9-8-13(14,15)16)12(17)10-6-4-3-5-7-10/h3-7,11H,2,8-9H2,1H3. The molecule has 2 nitrogen and oxygen atoms in total. The predicted octanol–water partition coefficient (Wildman–Crippen LogP) is 3.62. The fourth-order valence-electron chi connectivity index (χ4n) is 1.48. The SMILES string of the molecule is CCC(OCCC(F)(F)F)C(=O)c1ccccc1. The van der Waals surface area contributed by atoms with E-state index in [-0.39, 0.29) is 5.78 Å². The first-order chi connectivity index (χ1) is 8.44. The van der Waals surface area contributed by atoms with Gasteiger partial charge in [-0.2, -0.15) is 13.2 Å². The molecule has 0 saturated carbocycles. The third-order valence-electron chi connectivity index (χ3n) is 2.43. The Morgan fingerprint density at radius 3 is 2.39 bits per heavy atom. The van der Waals surface area contributed by atoms with Crippen LogP contribution in [0.15, 0.2) is 30.3 Å². The van der Waals surface area contributed by atoms with Crippen LogP contribution in [-0.4, -0.2) is 24.7 Å². The number of rotatable bonds is 6. The highest BCUT2D eigenvalue weighted by Crippen LogP contribution is 2.20. The Labute approximate surface area is 104 Å². The molecule has 0 aliphatic rings. The molecule has 0 N–H and O–H groups in total. The Morgan fingerprint density at radius 1 is 1.28 bits per heavy atom. The van der Waals surface area contributed by atoms with E-state index in [0.29, 0.717) is 12.0 Å². The number of hydrogen-bond acceptors (Lipinski definition) is 2. The average Bonchev–Trinajstić information content (AvgIpc) is 2.34. The van der Waals surface area contributed by atoms with Gasteiger partial charge in [0.25, 0.3) is 0 Å². The zero-order valence-corrected chi connectivity index (χ0v) is 10.0. The molecule has 100 valence electrons. The van der Waals surface area contributed by atoms with Gasteiger partial charge in [0, 0.05) is 5.56 Å². The highest BCUT2D eigenvalue weighted by atomic mass is 19.4. The second-order valence-electron chi connectivity index (χ2n) is 3.86. The average molecular weight is 260 g/mol. The molecule has 0 aliphatic heterocycles. The Bertz CT molecular complexity index is 374. The number of halogens is 3. The smallest absolute Gasteiger partial charge is 0.370 e. The van der Waals surface area contributed by atoms with E-state index in [1.54, 1.807) is 37.3 Å². The number of carbonyl (C=O) groups is 1. The molecule has 5 heteroatoms. The van der Waals surface area contributed by atoms with E-state index in [0.717, 1.165) is 0 Å². The molecule has 0 heterocycles. The van der Waals surface area contributed by atoms with Crippen molar-refractivity contribution >= 4 is 5.78 Å². The molecule has 0 fully saturated rings. The summed E-state index contributed by atoms with van der Waals surface area (Å²) in [5.41, 5.74) is 0.455. The van der Waals surface area contributed by atoms with Crippen LogP contribution in [0.5, 0.6) is 0 Å². The summed E-state index contributed by atoms with van der Waals surface area (Å²) >= 11 is 0. The van der Waals surface area contributed by atoms with Crippen molar-refractivity contribution in [2.45, 2.75) is 32.0 Å². The normalized spacial score (nSPS) is 13.3. The number of Topliss-reactive ketones (excluding diaryl/α,β-unsaturated/α-hetero) is 1. The van der Waals surface area contributed by atoms with E-state index < -0.39 is 25.3 Å². The van der Waals surface area contributed by atoms with Gasteiger partial charge in [0.15, 0.2) is 5.78 Å². The Morgan fingerprint density at radius 2 is 1.89 bits per heavy atom. The summed E-state index contributed by atoms with van der Waals surface area (Å²) in [5, 5.41) is 0. The summed E-state index contributed by atoms with van der Waals surface area (Å²) in [7, 11) is 0. The van der Waals surface area contributed by atoms with E-state index in [2.05, 4.69) is 0 Å². The highest BCUT2D eigenvalue weighted by Gasteiger charge is 2.28. The highest BCUT2D eigenvalue weighted by molar-refractivity contribution is 5.99. The van der Waals surface area contributed by atoms with E-state index >= 15 is 0 Å². The number of ether oxygens (including phenoxy) is 1. The molecule has 0 bridgehead atoms. The van der Waals surface area contributed by atoms with Crippen molar-refractivity contribution < 1.29 is 22.7 Å². The fraction of sp³-hybridized carbons (Fsp3) is 0.462. The molecule has 1 aromatic rings. The van der Waals surface area contributed by atoms with Crippen molar-refractivity contribution in [1.29, 1.82) is 0 Å². The lowest BCUT2D eigenvalue weighted by atomic mass is 10.0. The molecule has 0 aliphatic carbocycles. The molecule has 0 aromatic heterocycles. The van der Waals surface area contributed by atoms with Crippen LogP contribution in [0.3, 0.4) is 0 Å². The van der Waals surface area contributed by atoms with Crippen LogP contribution in [0.1, 0.15) is 30.1 Å². The van der Waals surface area contributed by atoms with Crippen molar-refractivity contribution in [3.8, 4) is 0 Å². The van der Waals surface area contributed by atoms with Crippen molar-refractivity contribution in [3.05, 3.63) is 35.9 Å². The van der Waals surface area contributed by atoms with Crippen LogP contribution in [-0.2, 0) is 4.74 Å². The maximum Gasteiger partial charge on any atom is 0.391 e. The summed E-state index contributed by atoms with van der Waals surface area (Å²) in [6.45, 7) is 1.22. The molecule has 1 rings (SSSR count). The monoisotopic (exact) mass is 260 g/mol. The van der Waals surface area contributed by atoms with Gasteiger partial charge in [0.05, 0.1) is 13.0 Å². The van der Waals surface area contributed by atoms with Gasteiger partial charge in [0.2, 0.25) is 0 Å². The van der Waals surface area contributed by atoms with Crippen LogP contribution >= 0.6 is 0 Å². The van der Waals surface area contributed by atoms with Crippen LogP contribution in [0.4, 0.5) is 13.2 Å². The lowest BCUT2D eigenvalue weighted by Gasteiger charge is -2.15. The van der Waals surface area contributed by atoms with Gasteiger partial charge in [-0.25, -0.2) is 0 Å². The van der Waals surface area contributed by atoms with Crippen LogP contribution in [0.2, 0.25) is 0 Å². The zero-order chi connectivity index (χ0) is 13.6. The Hall–Kier alpha value is -1.36. The van der Waals surface area contributed by atoms with Gasteiger partial charge in [-0.1, -0.05) is 37.3 Å². The van der Waals surface area contributed by atoms with Crippen LogP contribution in [0, 0.1) is 0 Å². The number of alkyl halides is 3. The van der Waals surface area contributed by atoms with Gasteiger partial charge in [-0.05, 0) is 6.42 Å². The van der Waals surface area contributed by atoms with E-state index in [4.69, 9.17) is 4.74 Å². The third kappa shape index (κ3) is 4.87. The van der Waals surface area contributed by atoms with Crippen LogP contribution < -0.4 is 0 Å². The topological polar surface area (TPSA) is 26.3 Å². The maximum absolute atomic E-state index is 12.0. The molecule has 1 aromatic carbocycles. The summed E-state index contributed by atoms with van der Waals surface area (Å²) in [6, 6.07) is 8.42. The van der Waals surface area contributed by atoms with E-state index in [1.165, 1.54) is 0 Å². The minimum absolute atomic E-state index is 0.278. The van der Waals surface area contributed by atoms with E-state index in [9.17, 15) is 18.0 Å². The van der Waals surface area contributed by atoms with E-state index in [1.807, 2.05) is 0 Å². The third-order valence-corrected chi connectivity index (χ3v) is 2.43. The largest absolute Gasteiger partial charge is 0.391 e. The summed E-state index contributed by atoms with van der Waals surface area (Å²) in [5.74, 6) is -0.278. The second kappa shape index (κ2) is 6.54. The summed E-state index contributed by atoms with van der Waals surface area (Å²) in [6.07, 6.45) is -5.75. The molecular formula is C13H15F3O2. The lowest BCUT2D eigenvalue weighted by Crippen LogP contribution is -2.25. The quantitative estimate of drug-likeness (QED) is 0.730. The van der Waals surface area contributed by atoms with Gasteiger partial charge in [-0.3, -0.25) is 4.79 Å². The first-order valence-corrected chi connectivity index (χ1v) is 5.71. The molecule has 0 radical (unpaired) electrons. The predicted molar refractivity (Wildman–Crippen MR) is 61.5 cm³/mol. The molecule has 1 atom stereocenters. The van der Waals surface area contributed by atoms with Crippen molar-refractivity contribution in [1.82, 2.24) is 0 Å². The van der Waals surface area contributed by atoms with Crippen molar-refractivity contribution in [2.24, 2.45) is 0 Å². The number of carbonyl (C=O) groups excluding carboxylic acids is 1. The van der Waals surface area contributed by atoms with Gasteiger partial charge in [0.1, 0.15) is 6.10 Å². The lowest BCUT2D eigenvalue weighted by molar-refractivity contribution is -0.147. The van der Waals surface area contributed by atoms with Crippen molar-refractivity contribution in [3.63, 3.8) is 0 Å². The first kappa shape index (κ1) is 14.7. The van der Waals surface area contributed by atoms with Gasteiger partial charge in [-0.15, -0.1) is 0 Å². The molecule has 0 amide bonds. The first-order valence-electron chi connectivity index (χ1n) is 5.71.